The summed E-state index contributed by atoms with van der Waals surface area (Å²) in [6.45, 7) is 0. The smallest absolute Gasteiger partial charge is 0.303 e. The lowest BCUT2D eigenvalue weighted by Crippen LogP contribution is -1.99. The highest BCUT2D eigenvalue weighted by molar-refractivity contribution is 9.10. The van der Waals surface area contributed by atoms with E-state index in [-0.39, 0.29) is 6.42 Å². The Morgan fingerprint density at radius 3 is 2.64 bits per heavy atom. The number of hydrogen-bond donors (Lipinski definition) is 1. The number of carboxylic acid groups (broad SMARTS) is 1. The van der Waals surface area contributed by atoms with E-state index in [9.17, 15) is 4.79 Å². The number of halogens is 2. The molecule has 0 bridgehead atoms. The van der Waals surface area contributed by atoms with Crippen LogP contribution in [-0.4, -0.2) is 11.1 Å². The van der Waals surface area contributed by atoms with Gasteiger partial charge in [0.15, 0.2) is 0 Å². The number of rotatable bonds is 4. The Balaban J connectivity index is 2.80. The van der Waals surface area contributed by atoms with Crippen LogP contribution in [0.25, 0.3) is 0 Å². The molecule has 0 aliphatic carbocycles. The van der Waals surface area contributed by atoms with Crippen LogP contribution in [0.15, 0.2) is 22.7 Å². The van der Waals surface area contributed by atoms with Crippen LogP contribution in [0.2, 0.25) is 0 Å². The summed E-state index contributed by atoms with van der Waals surface area (Å²) in [5.74, 6) is -0.756. The summed E-state index contributed by atoms with van der Waals surface area (Å²) in [7, 11) is 0. The van der Waals surface area contributed by atoms with Gasteiger partial charge in [-0.2, -0.15) is 0 Å². The fraction of sp³-hybridized carbons (Fsp3) is 0.300. The summed E-state index contributed by atoms with van der Waals surface area (Å²) in [5, 5.41) is 9.32. The lowest BCUT2D eigenvalue weighted by atomic mass is 10.0. The first-order valence-electron chi connectivity index (χ1n) is 4.18. The van der Waals surface area contributed by atoms with Gasteiger partial charge in [0, 0.05) is 16.2 Å². The fourth-order valence-corrected chi connectivity index (χ4v) is 2.13. The maximum absolute atomic E-state index is 10.4. The van der Waals surface area contributed by atoms with Crippen LogP contribution in [0.3, 0.4) is 0 Å². The average molecular weight is 322 g/mol. The van der Waals surface area contributed by atoms with Gasteiger partial charge in [0.25, 0.3) is 0 Å². The summed E-state index contributed by atoms with van der Waals surface area (Å²) in [4.78, 5) is 10.4. The number of carboxylic acids is 1. The number of aliphatic carboxylic acids is 1. The van der Waals surface area contributed by atoms with Gasteiger partial charge in [0.2, 0.25) is 0 Å². The van der Waals surface area contributed by atoms with Crippen LogP contribution >= 0.6 is 31.9 Å². The van der Waals surface area contributed by atoms with Crippen molar-refractivity contribution in [3.8, 4) is 0 Å². The van der Waals surface area contributed by atoms with Crippen LogP contribution in [0.4, 0.5) is 0 Å². The third kappa shape index (κ3) is 3.42. The van der Waals surface area contributed by atoms with E-state index in [1.165, 1.54) is 0 Å². The zero-order valence-electron chi connectivity index (χ0n) is 7.46. The molecule has 1 N–H and O–H groups in total. The highest BCUT2D eigenvalue weighted by Gasteiger charge is 2.04. The second-order valence-electron chi connectivity index (χ2n) is 2.94. The van der Waals surface area contributed by atoms with Crippen LogP contribution in [-0.2, 0) is 16.5 Å². The third-order valence-corrected chi connectivity index (χ3v) is 3.02. The highest BCUT2D eigenvalue weighted by atomic mass is 79.9. The minimum Gasteiger partial charge on any atom is -0.481 e. The molecule has 0 aliphatic rings. The molecule has 0 radical (unpaired) electrons. The Bertz CT molecular complexity index is 337. The number of alkyl halides is 1. The van der Waals surface area contributed by atoms with Crippen molar-refractivity contribution < 1.29 is 9.90 Å². The van der Waals surface area contributed by atoms with Gasteiger partial charge < -0.3 is 5.11 Å². The van der Waals surface area contributed by atoms with Gasteiger partial charge >= 0.3 is 5.97 Å². The minimum atomic E-state index is -0.756. The molecule has 14 heavy (non-hydrogen) atoms. The monoisotopic (exact) mass is 320 g/mol. The van der Waals surface area contributed by atoms with Gasteiger partial charge in [0.05, 0.1) is 0 Å². The predicted octanol–water partition coefficient (Wildman–Crippen LogP) is 3.36. The van der Waals surface area contributed by atoms with E-state index in [0.29, 0.717) is 6.42 Å². The molecule has 0 atom stereocenters. The first-order valence-corrected chi connectivity index (χ1v) is 6.10. The topological polar surface area (TPSA) is 37.3 Å². The lowest BCUT2D eigenvalue weighted by Gasteiger charge is -2.06. The van der Waals surface area contributed by atoms with Gasteiger partial charge in [-0.1, -0.05) is 37.9 Å². The van der Waals surface area contributed by atoms with E-state index in [4.69, 9.17) is 5.11 Å². The second-order valence-corrected chi connectivity index (χ2v) is 4.42. The molecule has 0 fully saturated rings. The van der Waals surface area contributed by atoms with Crippen molar-refractivity contribution in [2.45, 2.75) is 18.2 Å². The summed E-state index contributed by atoms with van der Waals surface area (Å²) >= 11 is 6.76. The molecule has 0 saturated heterocycles. The highest BCUT2D eigenvalue weighted by Crippen LogP contribution is 2.20. The normalized spacial score (nSPS) is 10.1. The number of benzene rings is 1. The molecule has 1 aromatic rings. The number of carbonyl (C=O) groups is 1. The van der Waals surface area contributed by atoms with E-state index in [1.54, 1.807) is 0 Å². The van der Waals surface area contributed by atoms with Crippen molar-refractivity contribution in [2.24, 2.45) is 0 Å². The SMILES string of the molecule is O=C(O)CCc1ccc(Br)cc1CBr. The molecule has 0 spiro atoms. The van der Waals surface area contributed by atoms with Crippen LogP contribution in [0.1, 0.15) is 17.5 Å². The van der Waals surface area contributed by atoms with Gasteiger partial charge in [-0.25, -0.2) is 0 Å². The van der Waals surface area contributed by atoms with Crippen molar-refractivity contribution in [1.82, 2.24) is 0 Å². The first kappa shape index (κ1) is 11.7. The maximum Gasteiger partial charge on any atom is 0.303 e. The molecule has 0 heterocycles. The van der Waals surface area contributed by atoms with E-state index < -0.39 is 5.97 Å². The Hall–Kier alpha value is -0.350. The molecule has 76 valence electrons. The van der Waals surface area contributed by atoms with Crippen LogP contribution in [0.5, 0.6) is 0 Å². The summed E-state index contributed by atoms with van der Waals surface area (Å²) in [6.07, 6.45) is 0.769. The summed E-state index contributed by atoms with van der Waals surface area (Å²) < 4.78 is 1.02. The lowest BCUT2D eigenvalue weighted by molar-refractivity contribution is -0.136. The van der Waals surface area contributed by atoms with Crippen molar-refractivity contribution in [3.05, 3.63) is 33.8 Å². The third-order valence-electron chi connectivity index (χ3n) is 1.92. The zero-order chi connectivity index (χ0) is 10.6. The average Bonchev–Trinajstić information content (AvgIpc) is 2.15. The van der Waals surface area contributed by atoms with Crippen molar-refractivity contribution >= 4 is 37.8 Å². The fourth-order valence-electron chi connectivity index (χ4n) is 1.20. The van der Waals surface area contributed by atoms with Gasteiger partial charge in [-0.3, -0.25) is 4.79 Å². The van der Waals surface area contributed by atoms with Crippen molar-refractivity contribution in [3.63, 3.8) is 0 Å². The Labute approximate surface area is 99.6 Å². The second kappa shape index (κ2) is 5.51. The quantitative estimate of drug-likeness (QED) is 0.863. The number of aryl methyl sites for hydroxylation is 1. The van der Waals surface area contributed by atoms with Gasteiger partial charge in [-0.15, -0.1) is 0 Å². The molecular formula is C10H10Br2O2. The Morgan fingerprint density at radius 2 is 2.07 bits per heavy atom. The molecular weight excluding hydrogens is 312 g/mol. The van der Waals surface area contributed by atoms with E-state index >= 15 is 0 Å². The molecule has 2 nitrogen and oxygen atoms in total. The van der Waals surface area contributed by atoms with Gasteiger partial charge in [0.1, 0.15) is 0 Å². The van der Waals surface area contributed by atoms with Crippen LogP contribution in [0, 0.1) is 0 Å². The molecule has 1 rings (SSSR count). The molecule has 0 saturated carbocycles. The molecule has 4 heteroatoms. The molecule has 0 amide bonds. The van der Waals surface area contributed by atoms with E-state index in [1.807, 2.05) is 18.2 Å². The van der Waals surface area contributed by atoms with Crippen molar-refractivity contribution in [1.29, 1.82) is 0 Å². The standard InChI is InChI=1S/C10H10Br2O2/c11-6-8-5-9(12)3-1-7(8)2-4-10(13)14/h1,3,5H,2,4,6H2,(H,13,14). The Kier molecular flexibility index (Phi) is 4.62. The molecule has 0 unspecified atom stereocenters. The number of hydrogen-bond acceptors (Lipinski definition) is 1. The van der Waals surface area contributed by atoms with Gasteiger partial charge in [-0.05, 0) is 29.7 Å². The first-order chi connectivity index (χ1) is 6.63. The predicted molar refractivity (Wildman–Crippen MR) is 62.7 cm³/mol. The van der Waals surface area contributed by atoms with E-state index in [0.717, 1.165) is 20.9 Å². The molecule has 0 aliphatic heterocycles. The van der Waals surface area contributed by atoms with E-state index in [2.05, 4.69) is 31.9 Å². The largest absolute Gasteiger partial charge is 0.481 e. The minimum absolute atomic E-state index is 0.182. The Morgan fingerprint density at radius 1 is 1.36 bits per heavy atom. The summed E-state index contributed by atoms with van der Waals surface area (Å²) in [5.41, 5.74) is 2.23. The van der Waals surface area contributed by atoms with Crippen molar-refractivity contribution in [2.75, 3.05) is 0 Å². The molecule has 0 aromatic heterocycles. The van der Waals surface area contributed by atoms with Crippen LogP contribution < -0.4 is 0 Å². The molecule has 1 aromatic carbocycles. The maximum atomic E-state index is 10.4. The summed E-state index contributed by atoms with van der Waals surface area (Å²) in [6, 6.07) is 5.90. The zero-order valence-corrected chi connectivity index (χ0v) is 10.6.